The van der Waals surface area contributed by atoms with Crippen molar-refractivity contribution in [2.24, 2.45) is 0 Å². The minimum atomic E-state index is -3.25. The van der Waals surface area contributed by atoms with Crippen LogP contribution in [0.1, 0.15) is 5.56 Å². The quantitative estimate of drug-likeness (QED) is 0.749. The van der Waals surface area contributed by atoms with Crippen LogP contribution in [0.25, 0.3) is 11.1 Å². The van der Waals surface area contributed by atoms with E-state index < -0.39 is 15.9 Å². The monoisotopic (exact) mass is 432 g/mol. The molecule has 2 atom stereocenters. The number of rotatable bonds is 5. The predicted molar refractivity (Wildman–Crippen MR) is 111 cm³/mol. The summed E-state index contributed by atoms with van der Waals surface area (Å²) in [6, 6.07) is 12.1. The maximum Gasteiger partial charge on any atom is 0.279 e. The number of benzene rings is 2. The lowest BCUT2D eigenvalue weighted by atomic mass is 10.0. The molecule has 0 saturated carbocycles. The molecule has 152 valence electrons. The molecule has 4 rings (SSSR count). The zero-order valence-corrected chi connectivity index (χ0v) is 17.3. The fourth-order valence-electron chi connectivity index (χ4n) is 3.42. The van der Waals surface area contributed by atoms with Crippen molar-refractivity contribution in [3.8, 4) is 16.9 Å². The van der Waals surface area contributed by atoms with Crippen LogP contribution in [0.4, 0.5) is 4.79 Å². The van der Waals surface area contributed by atoms with E-state index >= 15 is 0 Å². The number of amides is 2. The Kier molecular flexibility index (Phi) is 5.26. The molecular formula is C20H20N2O5S2. The van der Waals surface area contributed by atoms with E-state index in [9.17, 15) is 18.0 Å². The molecule has 2 aliphatic heterocycles. The Morgan fingerprint density at radius 2 is 2.00 bits per heavy atom. The molecule has 2 aromatic rings. The molecule has 1 fully saturated rings. The number of hydrogen-bond acceptors (Lipinski definition) is 6. The van der Waals surface area contributed by atoms with Crippen molar-refractivity contribution in [3.05, 3.63) is 48.0 Å². The third-order valence-electron chi connectivity index (χ3n) is 4.92. The Morgan fingerprint density at radius 3 is 2.66 bits per heavy atom. The number of carbonyl (C=O) groups excluding carboxylic acids is 2. The van der Waals surface area contributed by atoms with Gasteiger partial charge in [0.05, 0.1) is 11.4 Å². The molecular weight excluding hydrogens is 412 g/mol. The van der Waals surface area contributed by atoms with E-state index in [1.54, 1.807) is 24.3 Å². The summed E-state index contributed by atoms with van der Waals surface area (Å²) in [7, 11) is -3.25. The van der Waals surface area contributed by atoms with Gasteiger partial charge in [-0.15, -0.1) is 0 Å². The molecule has 0 bridgehead atoms. The lowest BCUT2D eigenvalue weighted by Gasteiger charge is -2.15. The number of para-hydroxylation sites is 1. The SMILES string of the molecule is CS(=O)(=O)c1ccc(-c2cccc3c2OC(CNC(=O)[C@@H]2CSC(=O)N2)C3)cc1. The zero-order chi connectivity index (χ0) is 20.6. The van der Waals surface area contributed by atoms with Crippen LogP contribution in [0.2, 0.25) is 0 Å². The van der Waals surface area contributed by atoms with Crippen molar-refractivity contribution in [1.82, 2.24) is 10.6 Å². The summed E-state index contributed by atoms with van der Waals surface area (Å²) in [5, 5.41) is 5.29. The van der Waals surface area contributed by atoms with Crippen LogP contribution in [0.15, 0.2) is 47.4 Å². The number of nitrogens with one attached hydrogen (secondary N) is 2. The topological polar surface area (TPSA) is 102 Å². The molecule has 0 radical (unpaired) electrons. The molecule has 0 spiro atoms. The maximum absolute atomic E-state index is 12.2. The minimum Gasteiger partial charge on any atom is -0.487 e. The van der Waals surface area contributed by atoms with Crippen LogP contribution in [0.3, 0.4) is 0 Å². The van der Waals surface area contributed by atoms with E-state index in [0.717, 1.165) is 34.2 Å². The molecule has 2 amide bonds. The molecule has 7 nitrogen and oxygen atoms in total. The lowest BCUT2D eigenvalue weighted by molar-refractivity contribution is -0.122. The number of fused-ring (bicyclic) bond motifs is 1. The highest BCUT2D eigenvalue weighted by Gasteiger charge is 2.30. The van der Waals surface area contributed by atoms with Gasteiger partial charge in [-0.25, -0.2) is 8.42 Å². The molecule has 29 heavy (non-hydrogen) atoms. The Labute approximate surface area is 173 Å². The van der Waals surface area contributed by atoms with Crippen molar-refractivity contribution in [2.75, 3.05) is 18.6 Å². The maximum atomic E-state index is 12.2. The second kappa shape index (κ2) is 7.72. The van der Waals surface area contributed by atoms with E-state index in [1.165, 1.54) is 6.26 Å². The van der Waals surface area contributed by atoms with Gasteiger partial charge in [-0.05, 0) is 23.3 Å². The van der Waals surface area contributed by atoms with Crippen LogP contribution in [0.5, 0.6) is 5.75 Å². The van der Waals surface area contributed by atoms with E-state index in [2.05, 4.69) is 10.6 Å². The molecule has 9 heteroatoms. The average molecular weight is 433 g/mol. The Bertz CT molecular complexity index is 1070. The van der Waals surface area contributed by atoms with E-state index in [4.69, 9.17) is 4.74 Å². The molecule has 2 aromatic carbocycles. The summed E-state index contributed by atoms with van der Waals surface area (Å²) in [4.78, 5) is 23.7. The van der Waals surface area contributed by atoms with Gasteiger partial charge >= 0.3 is 0 Å². The van der Waals surface area contributed by atoms with Gasteiger partial charge in [-0.1, -0.05) is 42.1 Å². The first kappa shape index (κ1) is 19.8. The highest BCUT2D eigenvalue weighted by atomic mass is 32.2. The summed E-state index contributed by atoms with van der Waals surface area (Å²) < 4.78 is 29.4. The third kappa shape index (κ3) is 4.25. The number of hydrogen-bond donors (Lipinski definition) is 2. The van der Waals surface area contributed by atoms with Crippen LogP contribution >= 0.6 is 11.8 Å². The van der Waals surface area contributed by atoms with E-state index in [-0.39, 0.29) is 22.1 Å². The molecule has 2 aliphatic rings. The first-order chi connectivity index (χ1) is 13.8. The van der Waals surface area contributed by atoms with E-state index in [0.29, 0.717) is 18.7 Å². The summed E-state index contributed by atoms with van der Waals surface area (Å²) in [6.07, 6.45) is 1.64. The van der Waals surface area contributed by atoms with Crippen LogP contribution in [0, 0.1) is 0 Å². The molecule has 1 unspecified atom stereocenters. The lowest BCUT2D eigenvalue weighted by Crippen LogP contribution is -2.45. The Morgan fingerprint density at radius 1 is 1.24 bits per heavy atom. The van der Waals surface area contributed by atoms with E-state index in [1.807, 2.05) is 18.2 Å². The molecule has 2 heterocycles. The van der Waals surface area contributed by atoms with Gasteiger partial charge in [0.25, 0.3) is 5.24 Å². The molecule has 2 N–H and O–H groups in total. The number of carbonyl (C=O) groups is 2. The molecule has 1 saturated heterocycles. The van der Waals surface area contributed by atoms with Crippen LogP contribution in [-0.2, 0) is 21.1 Å². The third-order valence-corrected chi connectivity index (χ3v) is 6.92. The van der Waals surface area contributed by atoms with Crippen molar-refractivity contribution < 1.29 is 22.7 Å². The fraction of sp³-hybridized carbons (Fsp3) is 0.300. The van der Waals surface area contributed by atoms with Crippen molar-refractivity contribution >= 4 is 32.7 Å². The van der Waals surface area contributed by atoms with Crippen LogP contribution < -0.4 is 15.4 Å². The average Bonchev–Trinajstić information content (AvgIpc) is 3.31. The number of sulfone groups is 1. The van der Waals surface area contributed by atoms with Gasteiger partial charge in [-0.2, -0.15) is 0 Å². The summed E-state index contributed by atoms with van der Waals surface area (Å²) >= 11 is 1.10. The van der Waals surface area contributed by atoms with Gasteiger partial charge in [0.1, 0.15) is 17.9 Å². The fourth-order valence-corrected chi connectivity index (χ4v) is 4.83. The molecule has 0 aromatic heterocycles. The largest absolute Gasteiger partial charge is 0.487 e. The number of ether oxygens (including phenoxy) is 1. The van der Waals surface area contributed by atoms with Crippen molar-refractivity contribution in [3.63, 3.8) is 0 Å². The van der Waals surface area contributed by atoms with Crippen LogP contribution in [-0.4, -0.2) is 50.3 Å². The van der Waals surface area contributed by atoms with Gasteiger partial charge in [0.15, 0.2) is 9.84 Å². The van der Waals surface area contributed by atoms with Gasteiger partial charge in [-0.3, -0.25) is 9.59 Å². The van der Waals surface area contributed by atoms with Gasteiger partial charge in [0.2, 0.25) is 5.91 Å². The Hall–Kier alpha value is -2.52. The first-order valence-electron chi connectivity index (χ1n) is 9.11. The number of thioether (sulfide) groups is 1. The minimum absolute atomic E-state index is 0.179. The Balaban J connectivity index is 1.45. The second-order valence-corrected chi connectivity index (χ2v) is 10.1. The first-order valence-corrected chi connectivity index (χ1v) is 12.0. The summed E-state index contributed by atoms with van der Waals surface area (Å²) in [6.45, 7) is 0.344. The smallest absolute Gasteiger partial charge is 0.279 e. The van der Waals surface area contributed by atoms with Gasteiger partial charge < -0.3 is 15.4 Å². The standard InChI is InChI=1S/C20H20N2O5S2/c1-29(25,26)15-7-5-12(6-8-15)16-4-2-3-13-9-14(27-18(13)16)10-21-19(23)17-11-28-20(24)22-17/h2-8,14,17H,9-11H2,1H3,(H,21,23)(H,22,24)/t14?,17-/m0/s1. The molecule has 0 aliphatic carbocycles. The summed E-state index contributed by atoms with van der Waals surface area (Å²) in [5.74, 6) is 0.979. The zero-order valence-electron chi connectivity index (χ0n) is 15.7. The summed E-state index contributed by atoms with van der Waals surface area (Å²) in [5.41, 5.74) is 2.79. The highest BCUT2D eigenvalue weighted by Crippen LogP contribution is 2.38. The van der Waals surface area contributed by atoms with Crippen molar-refractivity contribution in [1.29, 1.82) is 0 Å². The second-order valence-electron chi connectivity index (χ2n) is 7.07. The van der Waals surface area contributed by atoms with Gasteiger partial charge in [0, 0.05) is 24.0 Å². The normalized spacial score (nSPS) is 20.7. The van der Waals surface area contributed by atoms with Crippen molar-refractivity contribution in [2.45, 2.75) is 23.5 Å². The highest BCUT2D eigenvalue weighted by molar-refractivity contribution is 8.14. The predicted octanol–water partition coefficient (Wildman–Crippen LogP) is 2.00.